The number of nitrogens with one attached hydrogen (secondary N) is 1. The van der Waals surface area contributed by atoms with Gasteiger partial charge in [-0.05, 0) is 37.3 Å². The van der Waals surface area contributed by atoms with Gasteiger partial charge in [0.15, 0.2) is 5.69 Å². The normalized spacial score (nSPS) is 14.7. The van der Waals surface area contributed by atoms with E-state index in [4.69, 9.17) is 4.74 Å². The van der Waals surface area contributed by atoms with E-state index in [0.29, 0.717) is 60.3 Å². The summed E-state index contributed by atoms with van der Waals surface area (Å²) in [5.41, 5.74) is 2.85. The lowest BCUT2D eigenvalue weighted by atomic mass is 10.1. The lowest BCUT2D eigenvalue weighted by Crippen LogP contribution is -2.45. The number of aromatic nitrogens is 3. The van der Waals surface area contributed by atoms with Crippen molar-refractivity contribution in [3.63, 3.8) is 0 Å². The molecular weight excluding hydrogens is 448 g/mol. The van der Waals surface area contributed by atoms with Gasteiger partial charge in [0, 0.05) is 50.7 Å². The SMILES string of the molecule is Cc1ccc(Nc2nccc(-c3ccc(OC4CCN(C(=O)[C@H](C)O)CC4)c(C#N)c3)n2)c[n+]1[O-]. The van der Waals surface area contributed by atoms with E-state index in [2.05, 4.69) is 21.4 Å². The maximum absolute atomic E-state index is 12.0. The second kappa shape index (κ2) is 10.4. The van der Waals surface area contributed by atoms with E-state index >= 15 is 0 Å². The first-order valence-electron chi connectivity index (χ1n) is 11.3. The molecule has 1 aliphatic rings. The van der Waals surface area contributed by atoms with E-state index < -0.39 is 6.10 Å². The van der Waals surface area contributed by atoms with Crippen LogP contribution in [0.5, 0.6) is 5.75 Å². The highest BCUT2D eigenvalue weighted by molar-refractivity contribution is 5.80. The number of pyridine rings is 1. The molecule has 1 saturated heterocycles. The zero-order valence-electron chi connectivity index (χ0n) is 19.5. The quantitative estimate of drug-likeness (QED) is 0.410. The molecule has 3 heterocycles. The molecule has 3 aromatic rings. The zero-order chi connectivity index (χ0) is 24.9. The van der Waals surface area contributed by atoms with Crippen molar-refractivity contribution >= 4 is 17.5 Å². The van der Waals surface area contributed by atoms with E-state index in [9.17, 15) is 20.4 Å². The predicted molar refractivity (Wildman–Crippen MR) is 128 cm³/mol. The molecule has 0 aliphatic carbocycles. The van der Waals surface area contributed by atoms with E-state index in [-0.39, 0.29) is 12.0 Å². The van der Waals surface area contributed by atoms with Crippen molar-refractivity contribution in [1.29, 1.82) is 5.26 Å². The number of hydrogen-bond acceptors (Lipinski definition) is 8. The Kier molecular flexibility index (Phi) is 7.08. The number of hydrogen-bond donors (Lipinski definition) is 2. The van der Waals surface area contributed by atoms with Crippen molar-refractivity contribution < 1.29 is 19.4 Å². The summed E-state index contributed by atoms with van der Waals surface area (Å²) in [4.78, 5) is 22.3. The molecule has 0 unspecified atom stereocenters. The summed E-state index contributed by atoms with van der Waals surface area (Å²) in [5.74, 6) is 0.520. The Labute approximate surface area is 203 Å². The minimum atomic E-state index is -1.01. The molecule has 2 aromatic heterocycles. The van der Waals surface area contributed by atoms with Gasteiger partial charge in [-0.25, -0.2) is 9.97 Å². The van der Waals surface area contributed by atoms with Gasteiger partial charge in [-0.2, -0.15) is 9.99 Å². The first kappa shape index (κ1) is 23.9. The fourth-order valence-electron chi connectivity index (χ4n) is 3.86. The molecule has 1 atom stereocenters. The molecule has 35 heavy (non-hydrogen) atoms. The number of likely N-dealkylation sites (tertiary alicyclic amines) is 1. The van der Waals surface area contributed by atoms with Crippen LogP contribution in [0.4, 0.5) is 11.6 Å². The number of amides is 1. The molecule has 0 radical (unpaired) electrons. The van der Waals surface area contributed by atoms with Gasteiger partial charge in [0.1, 0.15) is 29.7 Å². The minimum Gasteiger partial charge on any atom is -0.618 e. The fraction of sp³-hybridized carbons (Fsp3) is 0.320. The number of rotatable bonds is 6. The van der Waals surface area contributed by atoms with Gasteiger partial charge in [0.25, 0.3) is 5.91 Å². The number of ether oxygens (including phenoxy) is 1. The van der Waals surface area contributed by atoms with Crippen LogP contribution in [0.2, 0.25) is 0 Å². The summed E-state index contributed by atoms with van der Waals surface area (Å²) in [6, 6.07) is 12.7. The molecule has 1 aromatic carbocycles. The van der Waals surface area contributed by atoms with Crippen LogP contribution < -0.4 is 14.8 Å². The van der Waals surface area contributed by atoms with Gasteiger partial charge < -0.3 is 25.3 Å². The van der Waals surface area contributed by atoms with Gasteiger partial charge in [-0.15, -0.1) is 0 Å². The predicted octanol–water partition coefficient (Wildman–Crippen LogP) is 2.45. The molecule has 0 saturated carbocycles. The van der Waals surface area contributed by atoms with Crippen molar-refractivity contribution in [1.82, 2.24) is 14.9 Å². The molecule has 180 valence electrons. The smallest absolute Gasteiger partial charge is 0.251 e. The van der Waals surface area contributed by atoms with Crippen LogP contribution in [-0.4, -0.2) is 51.2 Å². The Balaban J connectivity index is 1.46. The van der Waals surface area contributed by atoms with Crippen LogP contribution >= 0.6 is 0 Å². The van der Waals surface area contributed by atoms with Gasteiger partial charge in [-0.3, -0.25) is 4.79 Å². The van der Waals surface area contributed by atoms with Crippen LogP contribution in [-0.2, 0) is 4.79 Å². The van der Waals surface area contributed by atoms with Crippen LogP contribution in [0.15, 0.2) is 48.8 Å². The van der Waals surface area contributed by atoms with Crippen LogP contribution in [0.3, 0.4) is 0 Å². The van der Waals surface area contributed by atoms with E-state index in [0.717, 1.165) is 10.3 Å². The van der Waals surface area contributed by atoms with E-state index in [1.165, 1.54) is 13.1 Å². The Morgan fingerprint density at radius 3 is 2.77 bits per heavy atom. The highest BCUT2D eigenvalue weighted by Gasteiger charge is 2.26. The number of benzene rings is 1. The van der Waals surface area contributed by atoms with E-state index in [1.54, 1.807) is 48.4 Å². The topological polar surface area (TPSA) is 138 Å². The van der Waals surface area contributed by atoms with Crippen LogP contribution in [0, 0.1) is 23.5 Å². The number of nitriles is 1. The summed E-state index contributed by atoms with van der Waals surface area (Å²) in [6.07, 6.45) is 3.11. The highest BCUT2D eigenvalue weighted by Crippen LogP contribution is 2.28. The summed E-state index contributed by atoms with van der Waals surface area (Å²) >= 11 is 0. The third-order valence-electron chi connectivity index (χ3n) is 5.82. The monoisotopic (exact) mass is 474 g/mol. The van der Waals surface area contributed by atoms with Crippen molar-refractivity contribution in [2.75, 3.05) is 18.4 Å². The van der Waals surface area contributed by atoms with Crippen molar-refractivity contribution in [3.8, 4) is 23.1 Å². The molecule has 1 aliphatic heterocycles. The number of carbonyl (C=O) groups excluding carboxylic acids is 1. The van der Waals surface area contributed by atoms with Crippen LogP contribution in [0.25, 0.3) is 11.3 Å². The first-order valence-corrected chi connectivity index (χ1v) is 11.3. The third kappa shape index (κ3) is 5.65. The van der Waals surface area contributed by atoms with Crippen LogP contribution in [0.1, 0.15) is 31.0 Å². The maximum Gasteiger partial charge on any atom is 0.251 e. The van der Waals surface area contributed by atoms with Crippen molar-refractivity contribution in [3.05, 3.63) is 65.3 Å². The molecule has 4 rings (SSSR count). The van der Waals surface area contributed by atoms with Gasteiger partial charge in [0.2, 0.25) is 12.1 Å². The average molecular weight is 475 g/mol. The number of aliphatic hydroxyl groups excluding tert-OH is 1. The second-order valence-electron chi connectivity index (χ2n) is 8.42. The number of aryl methyl sites for hydroxylation is 1. The Morgan fingerprint density at radius 1 is 1.31 bits per heavy atom. The minimum absolute atomic E-state index is 0.126. The number of nitrogens with zero attached hydrogens (tertiary/aromatic N) is 5. The number of piperidine rings is 1. The number of aliphatic hydroxyl groups is 1. The highest BCUT2D eigenvalue weighted by atomic mass is 16.5. The fourth-order valence-corrected chi connectivity index (χ4v) is 3.86. The first-order chi connectivity index (χ1) is 16.8. The Morgan fingerprint density at radius 2 is 2.09 bits per heavy atom. The third-order valence-corrected chi connectivity index (χ3v) is 5.82. The summed E-state index contributed by atoms with van der Waals surface area (Å²) in [5, 5.41) is 34.0. The number of anilines is 2. The zero-order valence-corrected chi connectivity index (χ0v) is 19.5. The maximum atomic E-state index is 12.0. The standard InChI is InChI=1S/C25H26N6O4/c1-16-3-5-20(15-31(16)34)28-25-27-10-7-22(29-25)18-4-6-23(19(13-18)14-26)35-21-8-11-30(12-9-21)24(33)17(2)32/h3-7,10,13,15,17,21,32H,8-9,11-12H2,1-2H3,(H,27,28,29)/t17-/m0/s1. The Bertz CT molecular complexity index is 1270. The van der Waals surface area contributed by atoms with Gasteiger partial charge in [-0.1, -0.05) is 0 Å². The molecule has 10 heteroatoms. The lowest BCUT2D eigenvalue weighted by Gasteiger charge is -2.33. The van der Waals surface area contributed by atoms with Crippen molar-refractivity contribution in [2.24, 2.45) is 0 Å². The summed E-state index contributed by atoms with van der Waals surface area (Å²) in [6.45, 7) is 4.18. The molecule has 10 nitrogen and oxygen atoms in total. The largest absolute Gasteiger partial charge is 0.618 e. The summed E-state index contributed by atoms with van der Waals surface area (Å²) in [7, 11) is 0. The van der Waals surface area contributed by atoms with Crippen molar-refractivity contribution in [2.45, 2.75) is 38.9 Å². The number of carbonyl (C=O) groups is 1. The van der Waals surface area contributed by atoms with Gasteiger partial charge in [0.05, 0.1) is 11.3 Å². The summed E-state index contributed by atoms with van der Waals surface area (Å²) < 4.78 is 6.84. The molecule has 0 bridgehead atoms. The molecule has 1 fully saturated rings. The average Bonchev–Trinajstić information content (AvgIpc) is 2.86. The lowest BCUT2D eigenvalue weighted by molar-refractivity contribution is -0.611. The molecule has 1 amide bonds. The molecule has 2 N–H and O–H groups in total. The second-order valence-corrected chi connectivity index (χ2v) is 8.42. The Hall–Kier alpha value is -4.23. The molecular formula is C25H26N6O4. The van der Waals surface area contributed by atoms with Gasteiger partial charge >= 0.3 is 0 Å². The molecule has 0 spiro atoms. The van der Waals surface area contributed by atoms with E-state index in [1.807, 2.05) is 6.07 Å².